The molecule has 2 N–H and O–H groups in total. The third kappa shape index (κ3) is 6.24. The number of aliphatic imine (C=N–C) groups is 1. The fourth-order valence-electron chi connectivity index (χ4n) is 3.37. The van der Waals surface area contributed by atoms with Crippen molar-refractivity contribution in [2.75, 3.05) is 0 Å². The van der Waals surface area contributed by atoms with E-state index in [0.717, 1.165) is 33.8 Å². The zero-order valence-corrected chi connectivity index (χ0v) is 19.4. The summed E-state index contributed by atoms with van der Waals surface area (Å²) in [6.45, 7) is 8.44. The van der Waals surface area contributed by atoms with Gasteiger partial charge in [0.1, 0.15) is 0 Å². The Morgan fingerprint density at radius 1 is 1.06 bits per heavy atom. The molecule has 0 aliphatic rings. The maximum atomic E-state index is 9.01. The molecule has 168 valence electrons. The number of hydrogen-bond acceptors (Lipinski definition) is 5. The molecule has 0 unspecified atom stereocenters. The summed E-state index contributed by atoms with van der Waals surface area (Å²) in [5.41, 5.74) is 7.19. The third-order valence-electron chi connectivity index (χ3n) is 5.19. The number of rotatable bonds is 9. The number of nitriles is 1. The predicted octanol–water partition coefficient (Wildman–Crippen LogP) is 6.65. The lowest BCUT2D eigenvalue weighted by Gasteiger charge is -2.17. The Bertz CT molecular complexity index is 1290. The second-order valence-electron chi connectivity index (χ2n) is 7.64. The molecular formula is C29H27N5. The summed E-state index contributed by atoms with van der Waals surface area (Å²) < 4.78 is 0. The van der Waals surface area contributed by atoms with Crippen molar-refractivity contribution in [3.63, 3.8) is 0 Å². The van der Waals surface area contributed by atoms with Gasteiger partial charge < -0.3 is 10.7 Å². The minimum Gasteiger partial charge on any atom is -0.379 e. The first-order valence-corrected chi connectivity index (χ1v) is 10.9. The molecule has 2 aromatic carbocycles. The first kappa shape index (κ1) is 24.1. The van der Waals surface area contributed by atoms with E-state index < -0.39 is 0 Å². The molecule has 0 saturated carbocycles. The fraction of sp³-hybridized carbons (Fsp3) is 0.103. The van der Waals surface area contributed by atoms with Gasteiger partial charge in [0.15, 0.2) is 0 Å². The largest absolute Gasteiger partial charge is 0.379 e. The van der Waals surface area contributed by atoms with Crippen LogP contribution in [0.2, 0.25) is 0 Å². The predicted molar refractivity (Wildman–Crippen MR) is 141 cm³/mol. The molecule has 0 amide bonds. The summed E-state index contributed by atoms with van der Waals surface area (Å²) in [5.74, 6) is 0. The van der Waals surface area contributed by atoms with Crippen LogP contribution in [0, 0.1) is 16.7 Å². The standard InChI is InChI=1S/C29H27N5/c1-21(18-30)15-16-25(19-31)22(2)34-28-14-9-13-27(24-10-5-4-6-11-24)29(28)23(3)33-20-26-12-7-8-17-32-26/h4-17,19,31,33H,3,20H2,1-2H3/b21-15+,25-16+,31-19?,34-22?. The van der Waals surface area contributed by atoms with E-state index in [1.54, 1.807) is 25.3 Å². The minimum atomic E-state index is 0.537. The van der Waals surface area contributed by atoms with Crippen molar-refractivity contribution in [1.29, 1.82) is 10.7 Å². The van der Waals surface area contributed by atoms with E-state index in [1.165, 1.54) is 6.21 Å². The lowest BCUT2D eigenvalue weighted by atomic mass is 9.96. The maximum Gasteiger partial charge on any atom is 0.0944 e. The number of nitrogens with one attached hydrogen (secondary N) is 2. The van der Waals surface area contributed by atoms with Gasteiger partial charge in [0.05, 0.1) is 24.0 Å². The van der Waals surface area contributed by atoms with Gasteiger partial charge in [-0.3, -0.25) is 9.98 Å². The van der Waals surface area contributed by atoms with E-state index in [9.17, 15) is 0 Å². The lowest BCUT2D eigenvalue weighted by Crippen LogP contribution is -2.13. The van der Waals surface area contributed by atoms with Crippen LogP contribution in [0.25, 0.3) is 16.8 Å². The Kier molecular flexibility index (Phi) is 8.42. The summed E-state index contributed by atoms with van der Waals surface area (Å²) in [4.78, 5) is 9.24. The number of benzene rings is 2. The van der Waals surface area contributed by atoms with Crippen LogP contribution in [0.15, 0.2) is 108 Å². The Labute approximate surface area is 201 Å². The van der Waals surface area contributed by atoms with Gasteiger partial charge in [-0.1, -0.05) is 61.2 Å². The highest BCUT2D eigenvalue weighted by Crippen LogP contribution is 2.35. The van der Waals surface area contributed by atoms with Crippen LogP contribution in [0.3, 0.4) is 0 Å². The number of nitrogens with zero attached hydrogens (tertiary/aromatic N) is 3. The van der Waals surface area contributed by atoms with E-state index >= 15 is 0 Å². The lowest BCUT2D eigenvalue weighted by molar-refractivity contribution is 0.855. The molecule has 0 saturated heterocycles. The van der Waals surface area contributed by atoms with Crippen LogP contribution in [0.1, 0.15) is 25.1 Å². The van der Waals surface area contributed by atoms with Crippen molar-refractivity contribution >= 4 is 23.3 Å². The van der Waals surface area contributed by atoms with Crippen LogP contribution in [0.5, 0.6) is 0 Å². The Morgan fingerprint density at radius 3 is 2.50 bits per heavy atom. The van der Waals surface area contributed by atoms with Gasteiger partial charge in [-0.15, -0.1) is 0 Å². The molecular weight excluding hydrogens is 418 g/mol. The number of pyridine rings is 1. The van der Waals surface area contributed by atoms with Gasteiger partial charge in [-0.05, 0) is 49.2 Å². The van der Waals surface area contributed by atoms with E-state index in [1.807, 2.05) is 55.5 Å². The number of allylic oxidation sites excluding steroid dienone is 4. The van der Waals surface area contributed by atoms with Crippen molar-refractivity contribution in [1.82, 2.24) is 10.3 Å². The molecule has 0 atom stereocenters. The van der Waals surface area contributed by atoms with Crippen molar-refractivity contribution < 1.29 is 0 Å². The second-order valence-corrected chi connectivity index (χ2v) is 7.64. The van der Waals surface area contributed by atoms with Crippen molar-refractivity contribution in [3.8, 4) is 17.2 Å². The molecule has 1 heterocycles. The number of hydrogen-bond donors (Lipinski definition) is 2. The topological polar surface area (TPSA) is 84.9 Å². The average Bonchev–Trinajstić information content (AvgIpc) is 2.88. The molecule has 1 aromatic heterocycles. The maximum absolute atomic E-state index is 9.01. The molecule has 0 radical (unpaired) electrons. The SMILES string of the molecule is C=C(NCc1ccccn1)c1c(N=C(C)/C(C=N)=C/C=C(\C)C#N)cccc1-c1ccccc1. The van der Waals surface area contributed by atoms with Gasteiger partial charge in [0.25, 0.3) is 0 Å². The molecule has 5 nitrogen and oxygen atoms in total. The molecule has 3 aromatic rings. The van der Waals surface area contributed by atoms with Crippen LogP contribution in [-0.4, -0.2) is 16.9 Å². The smallest absolute Gasteiger partial charge is 0.0944 e. The highest BCUT2D eigenvalue weighted by molar-refractivity contribution is 6.15. The summed E-state index contributed by atoms with van der Waals surface area (Å²) in [7, 11) is 0. The first-order valence-electron chi connectivity index (χ1n) is 10.9. The molecule has 0 aliphatic heterocycles. The van der Waals surface area contributed by atoms with E-state index in [-0.39, 0.29) is 0 Å². The van der Waals surface area contributed by atoms with Gasteiger partial charge in [-0.2, -0.15) is 5.26 Å². The Balaban J connectivity index is 2.06. The van der Waals surface area contributed by atoms with Crippen molar-refractivity contribution in [3.05, 3.63) is 114 Å². The van der Waals surface area contributed by atoms with Crippen LogP contribution < -0.4 is 5.32 Å². The summed E-state index contributed by atoms with van der Waals surface area (Å²) in [6, 6.07) is 24.0. The highest BCUT2D eigenvalue weighted by atomic mass is 14.9. The zero-order valence-electron chi connectivity index (χ0n) is 19.4. The Morgan fingerprint density at radius 2 is 1.82 bits per heavy atom. The second kappa shape index (κ2) is 11.9. The molecule has 34 heavy (non-hydrogen) atoms. The quantitative estimate of drug-likeness (QED) is 0.220. The molecule has 5 heteroatoms. The van der Waals surface area contributed by atoms with Crippen LogP contribution in [0.4, 0.5) is 5.69 Å². The monoisotopic (exact) mass is 445 g/mol. The zero-order chi connectivity index (χ0) is 24.3. The first-order chi connectivity index (χ1) is 16.5. The summed E-state index contributed by atoms with van der Waals surface area (Å²) in [6.07, 6.45) is 6.44. The fourth-order valence-corrected chi connectivity index (χ4v) is 3.37. The van der Waals surface area contributed by atoms with Crippen molar-refractivity contribution in [2.24, 2.45) is 4.99 Å². The molecule has 0 fully saturated rings. The van der Waals surface area contributed by atoms with E-state index in [0.29, 0.717) is 23.4 Å². The number of aromatic nitrogens is 1. The Hall–Kier alpha value is -4.56. The normalized spacial score (nSPS) is 12.1. The average molecular weight is 446 g/mol. The molecule has 3 rings (SSSR count). The van der Waals surface area contributed by atoms with Crippen molar-refractivity contribution in [2.45, 2.75) is 20.4 Å². The minimum absolute atomic E-state index is 0.537. The van der Waals surface area contributed by atoms with E-state index in [2.05, 4.69) is 41.1 Å². The van der Waals surface area contributed by atoms with Crippen LogP contribution >= 0.6 is 0 Å². The van der Waals surface area contributed by atoms with Gasteiger partial charge in [0.2, 0.25) is 0 Å². The third-order valence-corrected chi connectivity index (χ3v) is 5.19. The summed E-state index contributed by atoms with van der Waals surface area (Å²) in [5, 5.41) is 20.2. The molecule has 0 spiro atoms. The van der Waals surface area contributed by atoms with Gasteiger partial charge >= 0.3 is 0 Å². The van der Waals surface area contributed by atoms with Gasteiger partial charge in [-0.25, -0.2) is 0 Å². The highest BCUT2D eigenvalue weighted by Gasteiger charge is 2.14. The van der Waals surface area contributed by atoms with E-state index in [4.69, 9.17) is 15.7 Å². The van der Waals surface area contributed by atoms with Crippen LogP contribution in [-0.2, 0) is 6.54 Å². The summed E-state index contributed by atoms with van der Waals surface area (Å²) >= 11 is 0. The molecule has 0 aliphatic carbocycles. The molecule has 0 bridgehead atoms. The van der Waals surface area contributed by atoms with Gasteiger partial charge in [0, 0.05) is 40.5 Å².